The zero-order valence-electron chi connectivity index (χ0n) is 9.11. The minimum Gasteiger partial charge on any atom is -0.378 e. The fourth-order valence-corrected chi connectivity index (χ4v) is 2.62. The van der Waals surface area contributed by atoms with Crippen molar-refractivity contribution in [2.45, 2.75) is 50.8 Å². The van der Waals surface area contributed by atoms with Crippen molar-refractivity contribution in [2.24, 2.45) is 5.73 Å². The van der Waals surface area contributed by atoms with Crippen molar-refractivity contribution in [1.29, 1.82) is 0 Å². The molecule has 0 aliphatic carbocycles. The van der Waals surface area contributed by atoms with Gasteiger partial charge in [0, 0.05) is 31.8 Å². The third-order valence-corrected chi connectivity index (χ3v) is 3.57. The first-order valence-corrected chi connectivity index (χ1v) is 5.90. The quantitative estimate of drug-likeness (QED) is 0.719. The van der Waals surface area contributed by atoms with Crippen LogP contribution in [0.4, 0.5) is 0 Å². The number of hydrogen-bond donors (Lipinski definition) is 1. The van der Waals surface area contributed by atoms with E-state index in [1.165, 1.54) is 25.8 Å². The van der Waals surface area contributed by atoms with Gasteiger partial charge in [0.2, 0.25) is 0 Å². The van der Waals surface area contributed by atoms with E-state index in [9.17, 15) is 0 Å². The van der Waals surface area contributed by atoms with E-state index >= 15 is 0 Å². The summed E-state index contributed by atoms with van der Waals surface area (Å²) >= 11 is 0. The van der Waals surface area contributed by atoms with Gasteiger partial charge in [-0.2, -0.15) is 0 Å². The van der Waals surface area contributed by atoms with Crippen LogP contribution in [0.3, 0.4) is 0 Å². The average Bonchev–Trinajstić information content (AvgIpc) is 2.65. The maximum Gasteiger partial charge on any atom is 0.0587 e. The summed E-state index contributed by atoms with van der Waals surface area (Å²) in [6.07, 6.45) is 5.22. The van der Waals surface area contributed by atoms with E-state index in [2.05, 4.69) is 11.8 Å². The predicted molar refractivity (Wildman–Crippen MR) is 57.2 cm³/mol. The Morgan fingerprint density at radius 1 is 1.43 bits per heavy atom. The van der Waals surface area contributed by atoms with Crippen LogP contribution in [0.5, 0.6) is 0 Å². The van der Waals surface area contributed by atoms with Crippen molar-refractivity contribution in [3.63, 3.8) is 0 Å². The topological polar surface area (TPSA) is 38.5 Å². The van der Waals surface area contributed by atoms with E-state index in [-0.39, 0.29) is 0 Å². The molecule has 14 heavy (non-hydrogen) atoms. The lowest BCUT2D eigenvalue weighted by Gasteiger charge is -2.35. The SMILES string of the molecule is CCC1CC(N2CCC(N)C2)CCO1. The summed E-state index contributed by atoms with van der Waals surface area (Å²) < 4.78 is 5.69. The zero-order valence-corrected chi connectivity index (χ0v) is 9.11. The van der Waals surface area contributed by atoms with E-state index < -0.39 is 0 Å². The van der Waals surface area contributed by atoms with Gasteiger partial charge in [0.1, 0.15) is 0 Å². The molecule has 0 amide bonds. The largest absolute Gasteiger partial charge is 0.378 e. The Morgan fingerprint density at radius 2 is 2.29 bits per heavy atom. The molecule has 82 valence electrons. The molecule has 0 spiro atoms. The lowest BCUT2D eigenvalue weighted by Crippen LogP contribution is -2.42. The molecule has 2 aliphatic heterocycles. The molecule has 2 fully saturated rings. The van der Waals surface area contributed by atoms with Crippen molar-refractivity contribution in [2.75, 3.05) is 19.7 Å². The molecule has 2 N–H and O–H groups in total. The molecule has 3 nitrogen and oxygen atoms in total. The van der Waals surface area contributed by atoms with Crippen LogP contribution in [0.15, 0.2) is 0 Å². The second-order valence-electron chi connectivity index (χ2n) is 4.62. The number of nitrogens with two attached hydrogens (primary N) is 1. The molecule has 0 aromatic carbocycles. The minimum atomic E-state index is 0.415. The number of likely N-dealkylation sites (tertiary alicyclic amines) is 1. The minimum absolute atomic E-state index is 0.415. The van der Waals surface area contributed by atoms with Crippen LogP contribution in [0, 0.1) is 0 Å². The van der Waals surface area contributed by atoms with Gasteiger partial charge < -0.3 is 10.5 Å². The zero-order chi connectivity index (χ0) is 9.97. The molecule has 3 unspecified atom stereocenters. The van der Waals surface area contributed by atoms with Gasteiger partial charge >= 0.3 is 0 Å². The van der Waals surface area contributed by atoms with E-state index in [1.807, 2.05) is 0 Å². The van der Waals surface area contributed by atoms with Crippen LogP contribution < -0.4 is 5.73 Å². The molecule has 2 aliphatic rings. The fraction of sp³-hybridized carbons (Fsp3) is 1.00. The van der Waals surface area contributed by atoms with Gasteiger partial charge in [0.05, 0.1) is 6.10 Å². The maximum absolute atomic E-state index is 5.93. The third-order valence-electron chi connectivity index (χ3n) is 3.57. The molecule has 2 rings (SSSR count). The monoisotopic (exact) mass is 198 g/mol. The predicted octanol–water partition coefficient (Wildman–Crippen LogP) is 0.977. The molecule has 0 bridgehead atoms. The van der Waals surface area contributed by atoms with Gasteiger partial charge in [-0.25, -0.2) is 0 Å². The lowest BCUT2D eigenvalue weighted by molar-refractivity contribution is -0.0238. The van der Waals surface area contributed by atoms with E-state index in [0.29, 0.717) is 12.1 Å². The molecule has 3 atom stereocenters. The first-order chi connectivity index (χ1) is 6.79. The van der Waals surface area contributed by atoms with Crippen LogP contribution in [0.25, 0.3) is 0 Å². The van der Waals surface area contributed by atoms with Gasteiger partial charge in [0.15, 0.2) is 0 Å². The van der Waals surface area contributed by atoms with Crippen molar-refractivity contribution < 1.29 is 4.74 Å². The standard InChI is InChI=1S/C11H22N2O/c1-2-11-7-10(4-6-14-11)13-5-3-9(12)8-13/h9-11H,2-8,12H2,1H3. The number of rotatable bonds is 2. The van der Waals surface area contributed by atoms with Crippen molar-refractivity contribution in [3.05, 3.63) is 0 Å². The van der Waals surface area contributed by atoms with Crippen molar-refractivity contribution in [1.82, 2.24) is 4.90 Å². The highest BCUT2D eigenvalue weighted by molar-refractivity contribution is 4.86. The molecule has 3 heteroatoms. The van der Waals surface area contributed by atoms with Crippen molar-refractivity contribution >= 4 is 0 Å². The highest BCUT2D eigenvalue weighted by Gasteiger charge is 2.30. The molecule has 0 aromatic rings. The second-order valence-corrected chi connectivity index (χ2v) is 4.62. The first-order valence-electron chi connectivity index (χ1n) is 5.90. The number of hydrogen-bond acceptors (Lipinski definition) is 3. The summed E-state index contributed by atoms with van der Waals surface area (Å²) in [4.78, 5) is 2.57. The molecule has 0 aromatic heterocycles. The average molecular weight is 198 g/mol. The second kappa shape index (κ2) is 4.60. The van der Waals surface area contributed by atoms with E-state index in [1.54, 1.807) is 0 Å². The normalized spacial score (nSPS) is 40.3. The third kappa shape index (κ3) is 2.27. The van der Waals surface area contributed by atoms with Crippen LogP contribution >= 0.6 is 0 Å². The highest BCUT2D eigenvalue weighted by Crippen LogP contribution is 2.23. The summed E-state index contributed by atoms with van der Waals surface area (Å²) in [7, 11) is 0. The van der Waals surface area contributed by atoms with Crippen molar-refractivity contribution in [3.8, 4) is 0 Å². The fourth-order valence-electron chi connectivity index (χ4n) is 2.62. The summed E-state index contributed by atoms with van der Waals surface area (Å²) in [5.74, 6) is 0. The van der Waals surface area contributed by atoms with Gasteiger partial charge in [-0.1, -0.05) is 6.92 Å². The molecule has 2 saturated heterocycles. The van der Waals surface area contributed by atoms with Crippen LogP contribution in [0.1, 0.15) is 32.6 Å². The first kappa shape index (κ1) is 10.4. The Hall–Kier alpha value is -0.120. The van der Waals surface area contributed by atoms with Crippen LogP contribution in [-0.2, 0) is 4.74 Å². The van der Waals surface area contributed by atoms with Gasteiger partial charge in [-0.15, -0.1) is 0 Å². The Labute approximate surface area is 86.6 Å². The number of nitrogens with zero attached hydrogens (tertiary/aromatic N) is 1. The van der Waals surface area contributed by atoms with Gasteiger partial charge in [-0.3, -0.25) is 4.90 Å². The van der Waals surface area contributed by atoms with Crippen LogP contribution in [0.2, 0.25) is 0 Å². The lowest BCUT2D eigenvalue weighted by atomic mass is 10.0. The molecular weight excluding hydrogens is 176 g/mol. The Morgan fingerprint density at radius 3 is 2.93 bits per heavy atom. The molecule has 0 saturated carbocycles. The Balaban J connectivity index is 1.84. The smallest absolute Gasteiger partial charge is 0.0587 e. The summed E-state index contributed by atoms with van der Waals surface area (Å²) in [6, 6.07) is 1.15. The molecule has 2 heterocycles. The van der Waals surface area contributed by atoms with Gasteiger partial charge in [0.25, 0.3) is 0 Å². The number of ether oxygens (including phenoxy) is 1. The van der Waals surface area contributed by atoms with Gasteiger partial charge in [-0.05, 0) is 25.7 Å². The highest BCUT2D eigenvalue weighted by atomic mass is 16.5. The van der Waals surface area contributed by atoms with Crippen LogP contribution in [-0.4, -0.2) is 42.8 Å². The Kier molecular flexibility index (Phi) is 3.42. The summed E-state index contributed by atoms with van der Waals surface area (Å²) in [5, 5.41) is 0. The maximum atomic E-state index is 5.93. The van der Waals surface area contributed by atoms with E-state index in [4.69, 9.17) is 10.5 Å². The molecule has 0 radical (unpaired) electrons. The summed E-state index contributed by atoms with van der Waals surface area (Å²) in [5.41, 5.74) is 5.93. The molecular formula is C11H22N2O. The Bertz CT molecular complexity index is 186. The van der Waals surface area contributed by atoms with E-state index in [0.717, 1.165) is 25.6 Å². The summed E-state index contributed by atoms with van der Waals surface area (Å²) in [6.45, 7) is 5.45.